The number of phosphoric ester groups is 3. The third-order valence-electron chi connectivity index (χ3n) is 14.3. The molecule has 0 spiro atoms. The molecular formula is C47H72N7O19P3. The van der Waals surface area contributed by atoms with Crippen molar-refractivity contribution in [3.8, 4) is 0 Å². The fraction of sp³-hybridized carbons (Fsp3) is 0.681. The van der Waals surface area contributed by atoms with Crippen molar-refractivity contribution in [3.05, 3.63) is 48.0 Å². The number of carboxylic acids is 1. The monoisotopic (exact) mass is 1130 g/mol. The molecule has 26 nitrogen and oxygen atoms in total. The number of imidazole rings is 1. The number of nitrogens with zero attached hydrogens (tertiary/aromatic N) is 4. The van der Waals surface area contributed by atoms with Gasteiger partial charge in [-0.2, -0.15) is 4.31 Å². The van der Waals surface area contributed by atoms with Gasteiger partial charge in [0.1, 0.15) is 42.0 Å². The maximum atomic E-state index is 13.2. The number of ketones is 1. The molecule has 1 aliphatic heterocycles. The van der Waals surface area contributed by atoms with E-state index in [2.05, 4.69) is 58.7 Å². The van der Waals surface area contributed by atoms with Crippen molar-refractivity contribution in [3.63, 3.8) is 0 Å². The predicted octanol–water partition coefficient (Wildman–Crippen LogP) is 4.70. The Morgan fingerprint density at radius 1 is 0.829 bits per heavy atom. The van der Waals surface area contributed by atoms with Gasteiger partial charge in [0.05, 0.1) is 25.0 Å². The maximum Gasteiger partial charge on any atom is 0.481 e. The summed E-state index contributed by atoms with van der Waals surface area (Å²) in [5.41, 5.74) is 6.25. The van der Waals surface area contributed by atoms with Crippen LogP contribution in [0.3, 0.4) is 0 Å². The molecule has 1 aromatic carbocycles. The molecule has 2 aromatic heterocycles. The van der Waals surface area contributed by atoms with E-state index >= 15 is 0 Å². The molecule has 29 heteroatoms. The van der Waals surface area contributed by atoms with Crippen molar-refractivity contribution < 1.29 is 90.4 Å². The number of benzene rings is 1. The average molecular weight is 1130 g/mol. The second-order valence-corrected chi connectivity index (χ2v) is 24.9. The number of aliphatic hydroxyl groups excluding tert-OH is 2. The maximum absolute atomic E-state index is 13.2. The zero-order valence-corrected chi connectivity index (χ0v) is 45.3. The lowest BCUT2D eigenvalue weighted by Crippen LogP contribution is -2.46. The molecule has 424 valence electrons. The van der Waals surface area contributed by atoms with Crippen LogP contribution in [-0.2, 0) is 68.3 Å². The van der Waals surface area contributed by atoms with Crippen LogP contribution in [0.1, 0.15) is 134 Å². The SMILES string of the molecule is CC(C)(COP(=O)(O)OP(=O)(O)OCC1OC(n2cnc3c(N)ncnc32)C(O)C1OP(=O)(O)O)C(O)C(=O)NCCC(=O)NCCC(=O)C1(CCCCCCc2ccccc2CCCCCCC2(C(=O)O)CC2)CC1. The molecule has 1 saturated heterocycles. The minimum atomic E-state index is -5.60. The highest BCUT2D eigenvalue weighted by Gasteiger charge is 2.51. The summed E-state index contributed by atoms with van der Waals surface area (Å²) in [6.45, 7) is 0.403. The zero-order chi connectivity index (χ0) is 55.5. The number of anilines is 1. The number of carbonyl (C=O) groups excluding carboxylic acids is 3. The van der Waals surface area contributed by atoms with E-state index in [1.165, 1.54) is 25.0 Å². The molecule has 3 aliphatic rings. The Bertz CT molecular complexity index is 2640. The molecule has 0 radical (unpaired) electrons. The number of ether oxygens (including phenoxy) is 1. The number of rotatable bonds is 35. The molecule has 7 atom stereocenters. The number of carboxylic acid groups (broad SMARTS) is 1. The number of fused-ring (bicyclic) bond motifs is 1. The fourth-order valence-corrected chi connectivity index (χ4v) is 12.2. The van der Waals surface area contributed by atoms with Gasteiger partial charge in [-0.25, -0.2) is 28.6 Å². The smallest absolute Gasteiger partial charge is 0.481 e. The second-order valence-electron chi connectivity index (χ2n) is 20.7. The molecular weight excluding hydrogens is 1060 g/mol. The number of nitrogens with two attached hydrogens (primary N) is 1. The first-order chi connectivity index (χ1) is 35.8. The lowest BCUT2D eigenvalue weighted by atomic mass is 9.87. The topological polar surface area (TPSA) is 401 Å². The predicted molar refractivity (Wildman–Crippen MR) is 270 cm³/mol. The second kappa shape index (κ2) is 26.2. The molecule has 3 fully saturated rings. The Morgan fingerprint density at radius 3 is 2.00 bits per heavy atom. The van der Waals surface area contributed by atoms with Crippen molar-refractivity contribution in [1.82, 2.24) is 30.2 Å². The van der Waals surface area contributed by atoms with E-state index in [9.17, 15) is 67.8 Å². The fourth-order valence-electron chi connectivity index (χ4n) is 9.37. The molecule has 3 heterocycles. The summed E-state index contributed by atoms with van der Waals surface area (Å²) < 4.78 is 62.7. The first kappa shape index (κ1) is 61.1. The number of hydrogen-bond acceptors (Lipinski definition) is 18. The molecule has 6 rings (SSSR count). The van der Waals surface area contributed by atoms with Gasteiger partial charge < -0.3 is 56.0 Å². The van der Waals surface area contributed by atoms with Crippen LogP contribution in [-0.4, -0.2) is 129 Å². The summed E-state index contributed by atoms with van der Waals surface area (Å²) in [5, 5.41) is 36.2. The minimum Gasteiger partial charge on any atom is -0.481 e. The average Bonchev–Trinajstić information content (AvgIpc) is 4.26. The Hall–Kier alpha value is -4.10. The van der Waals surface area contributed by atoms with E-state index in [-0.39, 0.29) is 54.1 Å². The van der Waals surface area contributed by atoms with Crippen LogP contribution in [0, 0.1) is 16.2 Å². The summed E-state index contributed by atoms with van der Waals surface area (Å²) in [6, 6.07) is 8.57. The Balaban J connectivity index is 0.828. The number of unbranched alkanes of at least 4 members (excludes halogenated alkanes) is 6. The summed E-state index contributed by atoms with van der Waals surface area (Å²) >= 11 is 0. The number of aliphatic carboxylic acids is 1. The highest BCUT2D eigenvalue weighted by molar-refractivity contribution is 7.61. The quantitative estimate of drug-likeness (QED) is 0.0282. The van der Waals surface area contributed by atoms with E-state index in [0.717, 1.165) is 120 Å². The Morgan fingerprint density at radius 2 is 1.41 bits per heavy atom. The van der Waals surface area contributed by atoms with Crippen molar-refractivity contribution in [2.24, 2.45) is 16.2 Å². The highest BCUT2D eigenvalue weighted by atomic mass is 31.3. The molecule has 3 aromatic rings. The number of carbonyl (C=O) groups is 4. The molecule has 11 N–H and O–H groups in total. The first-order valence-corrected chi connectivity index (χ1v) is 30.0. The van der Waals surface area contributed by atoms with Crippen LogP contribution in [0.5, 0.6) is 0 Å². The molecule has 2 aliphatic carbocycles. The van der Waals surface area contributed by atoms with Gasteiger partial charge >= 0.3 is 29.4 Å². The van der Waals surface area contributed by atoms with Gasteiger partial charge in [-0.3, -0.25) is 37.3 Å². The number of nitrogens with one attached hydrogen (secondary N) is 2. The van der Waals surface area contributed by atoms with Gasteiger partial charge in [0.25, 0.3) is 0 Å². The van der Waals surface area contributed by atoms with E-state index in [0.29, 0.717) is 0 Å². The number of aliphatic hydroxyl groups is 2. The largest absolute Gasteiger partial charge is 0.481 e. The van der Waals surface area contributed by atoms with Crippen molar-refractivity contribution >= 4 is 64.0 Å². The molecule has 2 amide bonds. The lowest BCUT2D eigenvalue weighted by molar-refractivity contribution is -0.143. The van der Waals surface area contributed by atoms with E-state index in [4.69, 9.17) is 19.5 Å². The zero-order valence-electron chi connectivity index (χ0n) is 42.6. The van der Waals surface area contributed by atoms with Crippen LogP contribution < -0.4 is 16.4 Å². The van der Waals surface area contributed by atoms with Crippen LogP contribution >= 0.6 is 23.5 Å². The number of Topliss-reactive ketones (excluding diaryl/α,β-unsaturated/α-hetero) is 1. The Kier molecular flexibility index (Phi) is 21.1. The van der Waals surface area contributed by atoms with E-state index in [1.54, 1.807) is 0 Å². The summed E-state index contributed by atoms with van der Waals surface area (Å²) in [4.78, 5) is 101. The van der Waals surface area contributed by atoms with Crippen LogP contribution in [0.15, 0.2) is 36.9 Å². The normalized spacial score (nSPS) is 21.8. The van der Waals surface area contributed by atoms with Crippen LogP contribution in [0.25, 0.3) is 11.2 Å². The third-order valence-corrected chi connectivity index (χ3v) is 17.4. The van der Waals surface area contributed by atoms with Gasteiger partial charge in [-0.05, 0) is 75.3 Å². The summed E-state index contributed by atoms with van der Waals surface area (Å²) in [5.74, 6) is -2.00. The number of hydrogen-bond donors (Lipinski definition) is 10. The van der Waals surface area contributed by atoms with Gasteiger partial charge in [0.15, 0.2) is 17.7 Å². The molecule has 0 bridgehead atoms. The van der Waals surface area contributed by atoms with Crippen molar-refractivity contribution in [2.75, 3.05) is 32.0 Å². The number of amides is 2. The standard InChI is InChI=1S/C47H72N7O19P3/c1-45(2,28-70-76(67,68)73-75(65,66)69-27-33-38(72-74(62,63)64)37(57)43(71-33)54-30-53-36-40(48)51-29-52-41(36)54)39(58)42(59)50-26-18-35(56)49-25-17-34(55)46(21-22-46)19-11-5-3-7-13-31-15-9-10-16-32(31)14-8-4-6-12-20-47(23-24-47)44(60)61/h9-10,15-16,29-30,33,37-39,43,57-58H,3-8,11-14,17-28H2,1-2H3,(H,49,56)(H,50,59)(H,60,61)(H,65,66)(H,67,68)(H2,48,51,52)(H2,62,63,64). The molecule has 7 unspecified atom stereocenters. The van der Waals surface area contributed by atoms with Crippen molar-refractivity contribution in [1.29, 1.82) is 0 Å². The van der Waals surface area contributed by atoms with Gasteiger partial charge in [0.2, 0.25) is 11.8 Å². The van der Waals surface area contributed by atoms with Crippen molar-refractivity contribution in [2.45, 2.75) is 160 Å². The number of phosphoric acid groups is 3. The third kappa shape index (κ3) is 17.4. The number of aryl methyl sites for hydroxylation is 2. The molecule has 76 heavy (non-hydrogen) atoms. The number of aromatic nitrogens is 4. The number of nitrogen functional groups attached to an aromatic ring is 1. The lowest BCUT2D eigenvalue weighted by Gasteiger charge is -2.30. The van der Waals surface area contributed by atoms with Gasteiger partial charge in [-0.1, -0.05) is 76.6 Å². The Labute approximate surface area is 439 Å². The summed E-state index contributed by atoms with van der Waals surface area (Å²) in [7, 11) is -16.5. The van der Waals surface area contributed by atoms with E-state index in [1.807, 2.05) is 0 Å². The first-order valence-electron chi connectivity index (χ1n) is 25.5. The van der Waals surface area contributed by atoms with E-state index < -0.39 is 95.9 Å². The molecule has 2 saturated carbocycles. The van der Waals surface area contributed by atoms with Gasteiger partial charge in [-0.15, -0.1) is 0 Å². The minimum absolute atomic E-state index is 0.0280. The van der Waals surface area contributed by atoms with Gasteiger partial charge in [0, 0.05) is 36.8 Å². The van der Waals surface area contributed by atoms with Crippen LogP contribution in [0.2, 0.25) is 0 Å². The summed E-state index contributed by atoms with van der Waals surface area (Å²) in [6.07, 6.45) is 8.41. The highest BCUT2D eigenvalue weighted by Crippen LogP contribution is 2.61. The van der Waals surface area contributed by atoms with Crippen LogP contribution in [0.4, 0.5) is 5.82 Å².